The fraction of sp³-hybridized carbons (Fsp3) is 0.538. The molecule has 96 valence electrons. The minimum absolute atomic E-state index is 0.0934. The van der Waals surface area contributed by atoms with Gasteiger partial charge in [-0.2, -0.15) is 0 Å². The van der Waals surface area contributed by atoms with Crippen LogP contribution in [0, 0.1) is 0 Å². The molecule has 4 heteroatoms. The maximum Gasteiger partial charge on any atom is 0.160 e. The second-order valence-corrected chi connectivity index (χ2v) is 4.85. The monoisotopic (exact) mass is 258 g/mol. The highest BCUT2D eigenvalue weighted by molar-refractivity contribution is 6.31. The molecule has 1 atom stereocenters. The highest BCUT2D eigenvalue weighted by atomic mass is 35.5. The van der Waals surface area contributed by atoms with Gasteiger partial charge in [-0.15, -0.1) is 0 Å². The minimum Gasteiger partial charge on any atom is -0.396 e. The van der Waals surface area contributed by atoms with Crippen molar-refractivity contribution in [1.82, 2.24) is 0 Å². The number of hydrogen-bond acceptors (Lipinski definition) is 3. The molecule has 17 heavy (non-hydrogen) atoms. The van der Waals surface area contributed by atoms with Crippen LogP contribution < -0.4 is 0 Å². The molecule has 0 saturated carbocycles. The van der Waals surface area contributed by atoms with Crippen LogP contribution in [0.1, 0.15) is 38.4 Å². The molecule has 0 unspecified atom stereocenters. The molecule has 0 aliphatic heterocycles. The van der Waals surface area contributed by atoms with Gasteiger partial charge in [0.15, 0.2) is 5.79 Å². The highest BCUT2D eigenvalue weighted by Gasteiger charge is 2.23. The van der Waals surface area contributed by atoms with E-state index in [1.165, 1.54) is 0 Å². The molecule has 0 radical (unpaired) electrons. The Kier molecular flexibility index (Phi) is 5.40. The first-order valence-corrected chi connectivity index (χ1v) is 6.07. The lowest BCUT2D eigenvalue weighted by molar-refractivity contribution is -0.209. The van der Waals surface area contributed by atoms with Crippen molar-refractivity contribution < 1.29 is 14.9 Å². The fourth-order valence-electron chi connectivity index (χ4n) is 1.64. The van der Waals surface area contributed by atoms with E-state index in [9.17, 15) is 5.11 Å². The van der Waals surface area contributed by atoms with Gasteiger partial charge in [0.25, 0.3) is 0 Å². The Labute approximate surface area is 107 Å². The van der Waals surface area contributed by atoms with Gasteiger partial charge in [0, 0.05) is 11.6 Å². The zero-order valence-corrected chi connectivity index (χ0v) is 10.9. The number of aliphatic hydroxyl groups excluding tert-OH is 1. The molecule has 1 aromatic carbocycles. The number of halogens is 1. The third-order valence-corrected chi connectivity index (χ3v) is 2.65. The van der Waals surface area contributed by atoms with E-state index in [0.29, 0.717) is 17.9 Å². The smallest absolute Gasteiger partial charge is 0.160 e. The summed E-state index contributed by atoms with van der Waals surface area (Å²) in [7, 11) is 0. The molecule has 3 nitrogen and oxygen atoms in total. The second kappa shape index (κ2) is 6.36. The van der Waals surface area contributed by atoms with E-state index >= 15 is 0 Å². The summed E-state index contributed by atoms with van der Waals surface area (Å²) >= 11 is 6.10. The van der Waals surface area contributed by atoms with E-state index in [4.69, 9.17) is 21.4 Å². The van der Waals surface area contributed by atoms with Crippen molar-refractivity contribution in [3.8, 4) is 0 Å². The van der Waals surface area contributed by atoms with Crippen molar-refractivity contribution in [2.24, 2.45) is 0 Å². The topological polar surface area (TPSA) is 49.7 Å². The fourth-order valence-corrected chi connectivity index (χ4v) is 1.90. The Balaban J connectivity index is 2.86. The highest BCUT2D eigenvalue weighted by Crippen LogP contribution is 2.31. The first-order valence-electron chi connectivity index (χ1n) is 5.69. The Morgan fingerprint density at radius 3 is 2.53 bits per heavy atom. The summed E-state index contributed by atoms with van der Waals surface area (Å²) in [6, 6.07) is 7.38. The predicted molar refractivity (Wildman–Crippen MR) is 67.9 cm³/mol. The summed E-state index contributed by atoms with van der Waals surface area (Å²) in [5.74, 6) is -1.22. The van der Waals surface area contributed by atoms with Gasteiger partial charge in [-0.25, -0.2) is 0 Å². The zero-order valence-electron chi connectivity index (χ0n) is 10.2. The molecular formula is C13H19ClO3. The van der Waals surface area contributed by atoms with Gasteiger partial charge >= 0.3 is 0 Å². The molecule has 0 saturated heterocycles. The second-order valence-electron chi connectivity index (χ2n) is 4.44. The lowest BCUT2D eigenvalue weighted by atomic mass is 10.0. The molecule has 0 heterocycles. The van der Waals surface area contributed by atoms with Gasteiger partial charge in [0.1, 0.15) is 0 Å². The van der Waals surface area contributed by atoms with Gasteiger partial charge < -0.3 is 14.9 Å². The molecular weight excluding hydrogens is 240 g/mol. The summed E-state index contributed by atoms with van der Waals surface area (Å²) in [5.41, 5.74) is 0.838. The molecule has 0 bridgehead atoms. The van der Waals surface area contributed by atoms with E-state index < -0.39 is 5.79 Å². The van der Waals surface area contributed by atoms with Crippen LogP contribution in [-0.4, -0.2) is 22.6 Å². The predicted octanol–water partition coefficient (Wildman–Crippen LogP) is 2.90. The van der Waals surface area contributed by atoms with Crippen molar-refractivity contribution in [1.29, 1.82) is 0 Å². The summed E-state index contributed by atoms with van der Waals surface area (Å²) in [6.07, 6.45) is 0.909. The quantitative estimate of drug-likeness (QED) is 0.772. The Morgan fingerprint density at radius 1 is 1.35 bits per heavy atom. The van der Waals surface area contributed by atoms with Crippen LogP contribution in [-0.2, 0) is 4.74 Å². The number of aliphatic hydroxyl groups is 2. The lowest BCUT2D eigenvalue weighted by Crippen LogP contribution is -2.26. The Bertz CT molecular complexity index is 347. The lowest BCUT2D eigenvalue weighted by Gasteiger charge is -2.27. The van der Waals surface area contributed by atoms with E-state index in [1.807, 2.05) is 18.2 Å². The average molecular weight is 259 g/mol. The largest absolute Gasteiger partial charge is 0.396 e. The summed E-state index contributed by atoms with van der Waals surface area (Å²) in [4.78, 5) is 0. The van der Waals surface area contributed by atoms with Gasteiger partial charge in [0.05, 0.1) is 6.10 Å². The standard InChI is InChI=1S/C13H19ClO3/c1-13(2,16)17-12(8-5-9-15)10-6-3-4-7-11(10)14/h3-4,6-7,12,15-16H,5,8-9H2,1-2H3/t12-/m1/s1. The van der Waals surface area contributed by atoms with E-state index in [0.717, 1.165) is 5.56 Å². The number of ether oxygens (including phenoxy) is 1. The van der Waals surface area contributed by atoms with E-state index in [-0.39, 0.29) is 12.7 Å². The molecule has 0 fully saturated rings. The van der Waals surface area contributed by atoms with Crippen LogP contribution in [0.15, 0.2) is 24.3 Å². The molecule has 0 aliphatic carbocycles. The van der Waals surface area contributed by atoms with Gasteiger partial charge in [-0.3, -0.25) is 0 Å². The SMILES string of the molecule is CC(C)(O)O[C@H](CCCO)c1ccccc1Cl. The third-order valence-electron chi connectivity index (χ3n) is 2.31. The average Bonchev–Trinajstić information content (AvgIpc) is 2.23. The van der Waals surface area contributed by atoms with E-state index in [1.54, 1.807) is 19.9 Å². The summed E-state index contributed by atoms with van der Waals surface area (Å²) in [6.45, 7) is 3.25. The van der Waals surface area contributed by atoms with Crippen LogP contribution in [0.4, 0.5) is 0 Å². The molecule has 0 aromatic heterocycles. The van der Waals surface area contributed by atoms with Crippen molar-refractivity contribution in [3.63, 3.8) is 0 Å². The first-order chi connectivity index (χ1) is 7.94. The van der Waals surface area contributed by atoms with Crippen LogP contribution >= 0.6 is 11.6 Å². The summed E-state index contributed by atoms with van der Waals surface area (Å²) < 4.78 is 5.57. The van der Waals surface area contributed by atoms with Crippen LogP contribution in [0.3, 0.4) is 0 Å². The normalized spacial score (nSPS) is 13.7. The van der Waals surface area contributed by atoms with Crippen LogP contribution in [0.25, 0.3) is 0 Å². The summed E-state index contributed by atoms with van der Waals surface area (Å²) in [5, 5.41) is 19.2. The minimum atomic E-state index is -1.22. The van der Waals surface area contributed by atoms with Crippen molar-refractivity contribution in [2.75, 3.05) is 6.61 Å². The van der Waals surface area contributed by atoms with Gasteiger partial charge in [-0.05, 0) is 38.3 Å². The molecule has 1 rings (SSSR count). The van der Waals surface area contributed by atoms with Crippen molar-refractivity contribution in [3.05, 3.63) is 34.9 Å². The maximum absolute atomic E-state index is 9.71. The molecule has 0 amide bonds. The van der Waals surface area contributed by atoms with Crippen molar-refractivity contribution >= 4 is 11.6 Å². The Morgan fingerprint density at radius 2 is 2.00 bits per heavy atom. The molecule has 0 aliphatic rings. The van der Waals surface area contributed by atoms with Crippen molar-refractivity contribution in [2.45, 2.75) is 38.6 Å². The molecule has 1 aromatic rings. The molecule has 0 spiro atoms. The Hall–Kier alpha value is -0.610. The van der Waals surface area contributed by atoms with Gasteiger partial charge in [-0.1, -0.05) is 29.8 Å². The maximum atomic E-state index is 9.71. The van der Waals surface area contributed by atoms with Crippen LogP contribution in [0.5, 0.6) is 0 Å². The number of benzene rings is 1. The first kappa shape index (κ1) is 14.5. The zero-order chi connectivity index (χ0) is 12.9. The molecule has 2 N–H and O–H groups in total. The number of hydrogen-bond donors (Lipinski definition) is 2. The number of rotatable bonds is 6. The van der Waals surface area contributed by atoms with Crippen LogP contribution in [0.2, 0.25) is 5.02 Å². The van der Waals surface area contributed by atoms with E-state index in [2.05, 4.69) is 0 Å². The third kappa shape index (κ3) is 5.04. The van der Waals surface area contributed by atoms with Gasteiger partial charge in [0.2, 0.25) is 0 Å².